The molecule has 1 aliphatic heterocycles. The van der Waals surface area contributed by atoms with Crippen molar-refractivity contribution in [2.24, 2.45) is 17.8 Å². The molecule has 4 rings (SSSR count). The lowest BCUT2D eigenvalue weighted by Gasteiger charge is -2.12. The number of amides is 1. The van der Waals surface area contributed by atoms with Crippen LogP contribution in [0.1, 0.15) is 19.3 Å². The van der Waals surface area contributed by atoms with Gasteiger partial charge in [0.1, 0.15) is 0 Å². The molecule has 1 N–H and O–H groups in total. The van der Waals surface area contributed by atoms with Crippen LogP contribution in [0.5, 0.6) is 11.5 Å². The summed E-state index contributed by atoms with van der Waals surface area (Å²) in [6.07, 6.45) is 3.48. The monoisotopic (exact) mass is 245 g/mol. The normalized spacial score (nSPS) is 31.0. The van der Waals surface area contributed by atoms with Gasteiger partial charge in [0.05, 0.1) is 0 Å². The van der Waals surface area contributed by atoms with E-state index in [1.165, 1.54) is 6.42 Å². The number of rotatable bonds is 2. The molecule has 4 nitrogen and oxygen atoms in total. The second kappa shape index (κ2) is 3.64. The molecule has 1 heterocycles. The van der Waals surface area contributed by atoms with E-state index in [2.05, 4.69) is 5.32 Å². The molecule has 2 unspecified atom stereocenters. The van der Waals surface area contributed by atoms with Crippen molar-refractivity contribution in [3.63, 3.8) is 0 Å². The van der Waals surface area contributed by atoms with Crippen LogP contribution in [0.4, 0.5) is 5.69 Å². The van der Waals surface area contributed by atoms with Gasteiger partial charge in [-0.15, -0.1) is 0 Å². The topological polar surface area (TPSA) is 47.6 Å². The zero-order chi connectivity index (χ0) is 12.1. The molecule has 4 heteroatoms. The summed E-state index contributed by atoms with van der Waals surface area (Å²) in [7, 11) is 0. The summed E-state index contributed by atoms with van der Waals surface area (Å²) < 4.78 is 10.5. The highest BCUT2D eigenvalue weighted by Gasteiger charge is 2.47. The largest absolute Gasteiger partial charge is 0.454 e. The van der Waals surface area contributed by atoms with Crippen molar-refractivity contribution >= 4 is 11.6 Å². The van der Waals surface area contributed by atoms with Gasteiger partial charge in [0, 0.05) is 17.7 Å². The predicted molar refractivity (Wildman–Crippen MR) is 65.5 cm³/mol. The average Bonchev–Trinajstić information content (AvgIpc) is 2.79. The highest BCUT2D eigenvalue weighted by molar-refractivity contribution is 5.93. The molecular weight excluding hydrogens is 230 g/mol. The van der Waals surface area contributed by atoms with Crippen molar-refractivity contribution in [3.8, 4) is 11.5 Å². The summed E-state index contributed by atoms with van der Waals surface area (Å²) in [5.74, 6) is 3.48. The first-order valence-electron chi connectivity index (χ1n) is 6.50. The number of ether oxygens (including phenoxy) is 2. The zero-order valence-corrected chi connectivity index (χ0v) is 10.0. The number of benzene rings is 1. The first kappa shape index (κ1) is 10.2. The molecule has 0 bridgehead atoms. The number of fused-ring (bicyclic) bond motifs is 2. The molecule has 94 valence electrons. The maximum Gasteiger partial charge on any atom is 0.231 e. The van der Waals surface area contributed by atoms with Crippen molar-refractivity contribution in [2.75, 3.05) is 12.1 Å². The van der Waals surface area contributed by atoms with E-state index in [-0.39, 0.29) is 18.6 Å². The van der Waals surface area contributed by atoms with E-state index in [1.54, 1.807) is 0 Å². The second-order valence-electron chi connectivity index (χ2n) is 5.48. The molecule has 2 atom stereocenters. The average molecular weight is 245 g/mol. The van der Waals surface area contributed by atoms with Crippen LogP contribution in [-0.4, -0.2) is 12.7 Å². The lowest BCUT2D eigenvalue weighted by molar-refractivity contribution is -0.120. The van der Waals surface area contributed by atoms with E-state index in [1.807, 2.05) is 18.2 Å². The van der Waals surface area contributed by atoms with Crippen LogP contribution in [0, 0.1) is 17.8 Å². The highest BCUT2D eigenvalue weighted by Crippen LogP contribution is 2.54. The molecular formula is C14H15NO3. The van der Waals surface area contributed by atoms with Crippen LogP contribution < -0.4 is 14.8 Å². The van der Waals surface area contributed by atoms with E-state index in [9.17, 15) is 4.79 Å². The Morgan fingerprint density at radius 3 is 2.72 bits per heavy atom. The van der Waals surface area contributed by atoms with Crippen molar-refractivity contribution in [2.45, 2.75) is 19.3 Å². The number of carbonyl (C=O) groups excluding carboxylic acids is 1. The summed E-state index contributed by atoms with van der Waals surface area (Å²) in [4.78, 5) is 12.1. The Morgan fingerprint density at radius 1 is 1.11 bits per heavy atom. The minimum atomic E-state index is 0.154. The SMILES string of the molecule is O=C(Nc1ccc2c(c1)OCO2)C1CC2CC2C1. The Labute approximate surface area is 105 Å². The standard InChI is InChI=1S/C14H15NO3/c16-14(10-4-8-3-9(8)5-10)15-11-1-2-12-13(6-11)18-7-17-12/h1-2,6,8-10H,3-5,7H2,(H,15,16). The molecule has 0 saturated heterocycles. The van der Waals surface area contributed by atoms with Gasteiger partial charge in [-0.2, -0.15) is 0 Å². The fourth-order valence-corrected chi connectivity index (χ4v) is 3.15. The molecule has 1 aromatic rings. The predicted octanol–water partition coefficient (Wildman–Crippen LogP) is 2.40. The van der Waals surface area contributed by atoms with Crippen molar-refractivity contribution < 1.29 is 14.3 Å². The fourth-order valence-electron chi connectivity index (χ4n) is 3.15. The van der Waals surface area contributed by atoms with E-state index < -0.39 is 0 Å². The smallest absolute Gasteiger partial charge is 0.231 e. The number of hydrogen-bond acceptors (Lipinski definition) is 3. The summed E-state index contributed by atoms with van der Waals surface area (Å²) in [6, 6.07) is 5.53. The van der Waals surface area contributed by atoms with Gasteiger partial charge in [-0.05, 0) is 43.2 Å². The van der Waals surface area contributed by atoms with Crippen LogP contribution >= 0.6 is 0 Å². The van der Waals surface area contributed by atoms with Gasteiger partial charge in [0.25, 0.3) is 0 Å². The maximum atomic E-state index is 12.1. The highest BCUT2D eigenvalue weighted by atomic mass is 16.7. The van der Waals surface area contributed by atoms with Crippen LogP contribution in [0.25, 0.3) is 0 Å². The van der Waals surface area contributed by atoms with Crippen molar-refractivity contribution in [3.05, 3.63) is 18.2 Å². The van der Waals surface area contributed by atoms with Gasteiger partial charge >= 0.3 is 0 Å². The Kier molecular flexibility index (Phi) is 2.07. The zero-order valence-electron chi connectivity index (χ0n) is 10.0. The van der Waals surface area contributed by atoms with Gasteiger partial charge in [-0.25, -0.2) is 0 Å². The summed E-state index contributed by atoms with van der Waals surface area (Å²) in [5.41, 5.74) is 0.796. The van der Waals surface area contributed by atoms with Crippen LogP contribution in [0.2, 0.25) is 0 Å². The lowest BCUT2D eigenvalue weighted by atomic mass is 10.0. The van der Waals surface area contributed by atoms with Gasteiger partial charge in [-0.1, -0.05) is 0 Å². The van der Waals surface area contributed by atoms with Crippen LogP contribution in [0.3, 0.4) is 0 Å². The van der Waals surface area contributed by atoms with E-state index in [0.717, 1.165) is 36.1 Å². The van der Waals surface area contributed by atoms with E-state index >= 15 is 0 Å². The molecule has 3 aliphatic rings. The Morgan fingerprint density at radius 2 is 1.89 bits per heavy atom. The van der Waals surface area contributed by atoms with Gasteiger partial charge < -0.3 is 14.8 Å². The summed E-state index contributed by atoms with van der Waals surface area (Å²) in [5, 5.41) is 2.98. The molecule has 1 aromatic carbocycles. The second-order valence-corrected chi connectivity index (χ2v) is 5.48. The van der Waals surface area contributed by atoms with Crippen molar-refractivity contribution in [1.29, 1.82) is 0 Å². The third-order valence-electron chi connectivity index (χ3n) is 4.25. The Bertz CT molecular complexity index is 504. The molecule has 18 heavy (non-hydrogen) atoms. The quantitative estimate of drug-likeness (QED) is 0.870. The first-order chi connectivity index (χ1) is 8.79. The third kappa shape index (κ3) is 1.64. The number of carbonyl (C=O) groups is 1. The van der Waals surface area contributed by atoms with Gasteiger partial charge in [0.15, 0.2) is 11.5 Å². The van der Waals surface area contributed by atoms with Crippen LogP contribution in [0.15, 0.2) is 18.2 Å². The lowest BCUT2D eigenvalue weighted by Crippen LogP contribution is -2.21. The molecule has 2 fully saturated rings. The van der Waals surface area contributed by atoms with E-state index in [4.69, 9.17) is 9.47 Å². The molecule has 2 saturated carbocycles. The number of anilines is 1. The van der Waals surface area contributed by atoms with Crippen LogP contribution in [-0.2, 0) is 4.79 Å². The molecule has 0 aromatic heterocycles. The van der Waals surface area contributed by atoms with E-state index in [0.29, 0.717) is 5.75 Å². The maximum absolute atomic E-state index is 12.1. The third-order valence-corrected chi connectivity index (χ3v) is 4.25. The minimum absolute atomic E-state index is 0.154. The molecule has 2 aliphatic carbocycles. The van der Waals surface area contributed by atoms with Gasteiger partial charge in [-0.3, -0.25) is 4.79 Å². The van der Waals surface area contributed by atoms with Crippen molar-refractivity contribution in [1.82, 2.24) is 0 Å². The number of nitrogens with one attached hydrogen (secondary N) is 1. The molecule has 0 spiro atoms. The molecule has 1 amide bonds. The Hall–Kier alpha value is -1.71. The first-order valence-corrected chi connectivity index (χ1v) is 6.50. The minimum Gasteiger partial charge on any atom is -0.454 e. The number of hydrogen-bond donors (Lipinski definition) is 1. The molecule has 0 radical (unpaired) electrons. The Balaban J connectivity index is 1.46. The fraction of sp³-hybridized carbons (Fsp3) is 0.500. The summed E-state index contributed by atoms with van der Waals surface area (Å²) in [6.45, 7) is 0.263. The van der Waals surface area contributed by atoms with Gasteiger partial charge in [0.2, 0.25) is 12.7 Å². The summed E-state index contributed by atoms with van der Waals surface area (Å²) >= 11 is 0.